The van der Waals surface area contributed by atoms with Gasteiger partial charge in [-0.05, 0) is 24.1 Å². The van der Waals surface area contributed by atoms with Crippen LogP contribution in [-0.4, -0.2) is 17.1 Å². The molecule has 0 fully saturated rings. The number of carbonyl (C=O) groups is 1. The van der Waals surface area contributed by atoms with E-state index in [0.717, 1.165) is 11.1 Å². The van der Waals surface area contributed by atoms with Crippen molar-refractivity contribution in [2.45, 2.75) is 12.8 Å². The van der Waals surface area contributed by atoms with E-state index in [1.54, 1.807) is 13.0 Å². The van der Waals surface area contributed by atoms with E-state index < -0.39 is 11.9 Å². The average molecular weight is 430 g/mol. The summed E-state index contributed by atoms with van der Waals surface area (Å²) in [5.74, 6) is -1.36. The van der Waals surface area contributed by atoms with Gasteiger partial charge in [0.25, 0.3) is 5.56 Å². The predicted molar refractivity (Wildman–Crippen MR) is 120 cm³/mol. The molecule has 1 aromatic heterocycles. The van der Waals surface area contributed by atoms with Crippen molar-refractivity contribution >= 4 is 34.8 Å². The van der Waals surface area contributed by atoms with Gasteiger partial charge in [0.2, 0.25) is 0 Å². The van der Waals surface area contributed by atoms with E-state index in [2.05, 4.69) is 6.07 Å². The molecule has 31 heavy (non-hydrogen) atoms. The van der Waals surface area contributed by atoms with E-state index in [-0.39, 0.29) is 23.6 Å². The molecule has 0 amide bonds. The summed E-state index contributed by atoms with van der Waals surface area (Å²) in [6, 6.07) is 20.8. The highest BCUT2D eigenvalue weighted by atomic mass is 32.1. The van der Waals surface area contributed by atoms with Crippen LogP contribution in [0.2, 0.25) is 0 Å². The monoisotopic (exact) mass is 429 g/mol. The molecule has 2 N–H and O–H groups in total. The molecule has 0 saturated heterocycles. The molecule has 3 aromatic rings. The van der Waals surface area contributed by atoms with Gasteiger partial charge >= 0.3 is 5.97 Å². The SMILES string of the molecule is CCOC(=O)C1=C(N)n2c(s/c(=C\c3ccccc3)c2=O)=C(C#N)[C@H]1c1ccccc1. The predicted octanol–water partition coefficient (Wildman–Crippen LogP) is 1.90. The Balaban J connectivity index is 2.07. The summed E-state index contributed by atoms with van der Waals surface area (Å²) in [6.45, 7) is 1.84. The van der Waals surface area contributed by atoms with Crippen LogP contribution >= 0.6 is 11.3 Å². The Morgan fingerprint density at radius 2 is 1.84 bits per heavy atom. The van der Waals surface area contributed by atoms with Crippen LogP contribution in [0.3, 0.4) is 0 Å². The summed E-state index contributed by atoms with van der Waals surface area (Å²) < 4.78 is 7.34. The Kier molecular flexibility index (Phi) is 5.56. The number of hydrogen-bond donors (Lipinski definition) is 1. The van der Waals surface area contributed by atoms with Crippen molar-refractivity contribution in [3.05, 3.63) is 96.9 Å². The number of nitrogens with zero attached hydrogens (tertiary/aromatic N) is 2. The molecular weight excluding hydrogens is 410 g/mol. The molecular formula is C24H19N3O3S. The van der Waals surface area contributed by atoms with E-state index >= 15 is 0 Å². The number of hydrogen-bond acceptors (Lipinski definition) is 6. The van der Waals surface area contributed by atoms with Crippen LogP contribution in [0.5, 0.6) is 0 Å². The quantitative estimate of drug-likeness (QED) is 0.639. The molecule has 1 aliphatic rings. The van der Waals surface area contributed by atoms with Gasteiger partial charge < -0.3 is 10.5 Å². The Hall–Kier alpha value is -3.89. The number of aromatic nitrogens is 1. The van der Waals surface area contributed by atoms with Crippen molar-refractivity contribution in [3.63, 3.8) is 0 Å². The van der Waals surface area contributed by atoms with Crippen LogP contribution in [0.25, 0.3) is 17.5 Å². The lowest BCUT2D eigenvalue weighted by molar-refractivity contribution is -0.138. The lowest BCUT2D eigenvalue weighted by Crippen LogP contribution is -2.40. The third-order valence-corrected chi connectivity index (χ3v) is 6.10. The molecule has 1 aliphatic heterocycles. The molecule has 6 nitrogen and oxygen atoms in total. The molecule has 0 bridgehead atoms. The number of rotatable bonds is 4. The zero-order chi connectivity index (χ0) is 22.0. The van der Waals surface area contributed by atoms with Crippen molar-refractivity contribution in [3.8, 4) is 6.07 Å². The van der Waals surface area contributed by atoms with Crippen molar-refractivity contribution in [2.75, 3.05) is 6.61 Å². The first-order valence-corrected chi connectivity index (χ1v) is 10.5. The fraction of sp³-hybridized carbons (Fsp3) is 0.125. The summed E-state index contributed by atoms with van der Waals surface area (Å²) in [4.78, 5) is 26.1. The highest BCUT2D eigenvalue weighted by Crippen LogP contribution is 2.36. The minimum absolute atomic E-state index is 0.00438. The number of benzene rings is 2. The van der Waals surface area contributed by atoms with Crippen molar-refractivity contribution < 1.29 is 9.53 Å². The topological polar surface area (TPSA) is 98.1 Å². The van der Waals surface area contributed by atoms with E-state index in [1.165, 1.54) is 15.9 Å². The number of esters is 1. The van der Waals surface area contributed by atoms with Gasteiger partial charge in [0, 0.05) is 0 Å². The third kappa shape index (κ3) is 3.58. The van der Waals surface area contributed by atoms with Gasteiger partial charge in [-0.1, -0.05) is 60.7 Å². The first-order chi connectivity index (χ1) is 15.1. The summed E-state index contributed by atoms with van der Waals surface area (Å²) >= 11 is 1.19. The lowest BCUT2D eigenvalue weighted by Gasteiger charge is -2.25. The molecule has 2 heterocycles. The Morgan fingerprint density at radius 1 is 1.19 bits per heavy atom. The van der Waals surface area contributed by atoms with Crippen LogP contribution in [0.1, 0.15) is 24.0 Å². The molecule has 7 heteroatoms. The lowest BCUT2D eigenvalue weighted by atomic mass is 9.84. The Morgan fingerprint density at radius 3 is 2.45 bits per heavy atom. The fourth-order valence-corrected chi connectivity index (χ4v) is 4.77. The molecule has 4 rings (SSSR count). The van der Waals surface area contributed by atoms with Crippen molar-refractivity contribution in [1.82, 2.24) is 4.57 Å². The van der Waals surface area contributed by atoms with Crippen molar-refractivity contribution in [2.24, 2.45) is 5.73 Å². The van der Waals surface area contributed by atoms with Gasteiger partial charge in [-0.3, -0.25) is 9.36 Å². The van der Waals surface area contributed by atoms with Gasteiger partial charge in [0.1, 0.15) is 10.5 Å². The summed E-state index contributed by atoms with van der Waals surface area (Å²) in [5.41, 5.74) is 7.98. The molecule has 0 unspecified atom stereocenters. The van der Waals surface area contributed by atoms with E-state index in [9.17, 15) is 14.9 Å². The molecule has 1 atom stereocenters. The summed E-state index contributed by atoms with van der Waals surface area (Å²) in [5, 5.41) is 10.1. The van der Waals surface area contributed by atoms with Crippen molar-refractivity contribution in [1.29, 1.82) is 5.26 Å². The highest BCUT2D eigenvalue weighted by molar-refractivity contribution is 7.07. The van der Waals surface area contributed by atoms with Gasteiger partial charge in [0.05, 0.1) is 34.3 Å². The van der Waals surface area contributed by atoms with E-state index in [0.29, 0.717) is 14.8 Å². The van der Waals surface area contributed by atoms with Gasteiger partial charge in [-0.2, -0.15) is 5.26 Å². The second-order valence-electron chi connectivity index (χ2n) is 6.86. The number of ether oxygens (including phenoxy) is 1. The zero-order valence-electron chi connectivity index (χ0n) is 16.7. The largest absolute Gasteiger partial charge is 0.463 e. The second-order valence-corrected chi connectivity index (χ2v) is 7.89. The third-order valence-electron chi connectivity index (χ3n) is 4.99. The van der Waals surface area contributed by atoms with Gasteiger partial charge in [0.15, 0.2) is 0 Å². The van der Waals surface area contributed by atoms with Gasteiger partial charge in [-0.25, -0.2) is 4.79 Å². The standard InChI is InChI=1S/C24H19N3O3S/c1-2-30-24(29)20-19(16-11-7-4-8-12-16)17(14-25)23-27(21(20)26)22(28)18(31-23)13-15-9-5-3-6-10-15/h3-13,19H,2,26H2,1H3/b18-13-/t19-/m1/s1. The fourth-order valence-electron chi connectivity index (χ4n) is 3.64. The normalized spacial score (nSPS) is 16.1. The number of nitrogens with two attached hydrogens (primary N) is 1. The van der Waals surface area contributed by atoms with Gasteiger partial charge in [-0.15, -0.1) is 11.3 Å². The molecule has 0 saturated carbocycles. The highest BCUT2D eigenvalue weighted by Gasteiger charge is 2.36. The summed E-state index contributed by atoms with van der Waals surface area (Å²) in [7, 11) is 0. The minimum Gasteiger partial charge on any atom is -0.463 e. The Bertz CT molecular complexity index is 1390. The maximum Gasteiger partial charge on any atom is 0.338 e. The first kappa shape index (κ1) is 20.4. The number of nitriles is 1. The average Bonchev–Trinajstić information content (AvgIpc) is 3.11. The van der Waals surface area contributed by atoms with Crippen LogP contribution in [0.4, 0.5) is 0 Å². The van der Waals surface area contributed by atoms with Crippen LogP contribution in [0, 0.1) is 11.3 Å². The molecule has 0 radical (unpaired) electrons. The smallest absolute Gasteiger partial charge is 0.338 e. The number of carbonyl (C=O) groups excluding carboxylic acids is 1. The zero-order valence-corrected chi connectivity index (χ0v) is 17.6. The second kappa shape index (κ2) is 8.46. The number of thiazole rings is 1. The van der Waals surface area contributed by atoms with E-state index in [1.807, 2.05) is 60.7 Å². The van der Waals surface area contributed by atoms with E-state index in [4.69, 9.17) is 10.5 Å². The van der Waals surface area contributed by atoms with Crippen LogP contribution < -0.4 is 20.5 Å². The number of fused-ring (bicyclic) bond motifs is 1. The molecule has 2 aromatic carbocycles. The molecule has 154 valence electrons. The van der Waals surface area contributed by atoms with Crippen LogP contribution in [-0.2, 0) is 9.53 Å². The maximum atomic E-state index is 13.2. The van der Waals surface area contributed by atoms with Crippen LogP contribution in [0.15, 0.2) is 71.0 Å². The minimum atomic E-state index is -0.715. The summed E-state index contributed by atoms with van der Waals surface area (Å²) in [6.07, 6.45) is 1.75. The first-order valence-electron chi connectivity index (χ1n) is 9.71. The molecule has 0 aliphatic carbocycles. The maximum absolute atomic E-state index is 13.2. The molecule has 0 spiro atoms. The Labute approximate surface area is 182 Å².